The van der Waals surface area contributed by atoms with Crippen LogP contribution >= 0.6 is 11.6 Å². The van der Waals surface area contributed by atoms with E-state index in [1.165, 1.54) is 12.1 Å². The zero-order valence-corrected chi connectivity index (χ0v) is 13.2. The maximum Gasteiger partial charge on any atom is 0.251 e. The highest BCUT2D eigenvalue weighted by Gasteiger charge is 2.13. The SMILES string of the molecule is CCOc1ccc(C(=O)NC(C)c2ccc(F)cc2)cc1Cl. The summed E-state index contributed by atoms with van der Waals surface area (Å²) in [6.45, 7) is 4.20. The van der Waals surface area contributed by atoms with E-state index >= 15 is 0 Å². The monoisotopic (exact) mass is 321 g/mol. The Morgan fingerprint density at radius 1 is 1.27 bits per heavy atom. The molecule has 2 aromatic carbocycles. The molecule has 1 unspecified atom stereocenters. The molecule has 0 aliphatic rings. The lowest BCUT2D eigenvalue weighted by atomic mass is 10.1. The first-order chi connectivity index (χ1) is 10.5. The Labute approximate surface area is 134 Å². The lowest BCUT2D eigenvalue weighted by Gasteiger charge is -2.15. The Balaban J connectivity index is 2.08. The number of carbonyl (C=O) groups excluding carboxylic acids is 1. The molecule has 1 amide bonds. The predicted octanol–water partition coefficient (Wildman–Crippen LogP) is 4.37. The molecule has 0 spiro atoms. The number of benzene rings is 2. The van der Waals surface area contributed by atoms with Crippen LogP contribution in [0, 0.1) is 5.82 Å². The molecule has 0 fully saturated rings. The summed E-state index contributed by atoms with van der Waals surface area (Å²) >= 11 is 6.08. The summed E-state index contributed by atoms with van der Waals surface area (Å²) in [5.41, 5.74) is 1.27. The van der Waals surface area contributed by atoms with Gasteiger partial charge in [-0.25, -0.2) is 4.39 Å². The minimum atomic E-state index is -0.305. The van der Waals surface area contributed by atoms with Gasteiger partial charge in [0, 0.05) is 5.56 Å². The molecule has 2 rings (SSSR count). The zero-order valence-electron chi connectivity index (χ0n) is 12.4. The maximum absolute atomic E-state index is 12.9. The van der Waals surface area contributed by atoms with Gasteiger partial charge in [-0.3, -0.25) is 4.79 Å². The zero-order chi connectivity index (χ0) is 16.1. The molecule has 0 heterocycles. The van der Waals surface area contributed by atoms with Gasteiger partial charge >= 0.3 is 0 Å². The molecule has 1 atom stereocenters. The van der Waals surface area contributed by atoms with Crippen molar-refractivity contribution in [2.75, 3.05) is 6.61 Å². The fraction of sp³-hybridized carbons (Fsp3) is 0.235. The Morgan fingerprint density at radius 3 is 2.55 bits per heavy atom. The van der Waals surface area contributed by atoms with Crippen LogP contribution in [0.5, 0.6) is 5.75 Å². The fourth-order valence-electron chi connectivity index (χ4n) is 2.03. The predicted molar refractivity (Wildman–Crippen MR) is 84.9 cm³/mol. The molecule has 22 heavy (non-hydrogen) atoms. The first-order valence-electron chi connectivity index (χ1n) is 7.00. The number of halogens is 2. The second-order valence-corrected chi connectivity index (χ2v) is 5.23. The van der Waals surface area contributed by atoms with Crippen LogP contribution in [-0.4, -0.2) is 12.5 Å². The highest BCUT2D eigenvalue weighted by molar-refractivity contribution is 6.32. The van der Waals surface area contributed by atoms with Crippen LogP contribution in [0.15, 0.2) is 42.5 Å². The van der Waals surface area contributed by atoms with Gasteiger partial charge in [0.05, 0.1) is 17.7 Å². The van der Waals surface area contributed by atoms with Gasteiger partial charge in [-0.2, -0.15) is 0 Å². The van der Waals surface area contributed by atoms with Crippen LogP contribution in [0.3, 0.4) is 0 Å². The Morgan fingerprint density at radius 2 is 1.95 bits per heavy atom. The molecule has 116 valence electrons. The summed E-state index contributed by atoms with van der Waals surface area (Å²) in [6.07, 6.45) is 0. The van der Waals surface area contributed by atoms with Gasteiger partial charge in [-0.15, -0.1) is 0 Å². The van der Waals surface area contributed by atoms with Crippen LogP contribution in [0.2, 0.25) is 5.02 Å². The summed E-state index contributed by atoms with van der Waals surface area (Å²) in [5, 5.41) is 3.24. The van der Waals surface area contributed by atoms with Gasteiger partial charge in [0.15, 0.2) is 0 Å². The fourth-order valence-corrected chi connectivity index (χ4v) is 2.26. The van der Waals surface area contributed by atoms with Gasteiger partial charge in [-0.05, 0) is 49.7 Å². The average Bonchev–Trinajstić information content (AvgIpc) is 2.50. The standard InChI is InChI=1S/C17H17ClFNO2/c1-3-22-16-9-6-13(10-15(16)18)17(21)20-11(2)12-4-7-14(19)8-5-12/h4-11H,3H2,1-2H3,(H,20,21). The van der Waals surface area contributed by atoms with Crippen LogP contribution in [0.25, 0.3) is 0 Å². The van der Waals surface area contributed by atoms with Crippen molar-refractivity contribution in [2.45, 2.75) is 19.9 Å². The topological polar surface area (TPSA) is 38.3 Å². The second kappa shape index (κ2) is 7.27. The quantitative estimate of drug-likeness (QED) is 0.888. The van der Waals surface area contributed by atoms with E-state index in [2.05, 4.69) is 5.32 Å². The van der Waals surface area contributed by atoms with Crippen molar-refractivity contribution in [2.24, 2.45) is 0 Å². The van der Waals surface area contributed by atoms with Gasteiger partial charge < -0.3 is 10.1 Å². The van der Waals surface area contributed by atoms with E-state index < -0.39 is 0 Å². The van der Waals surface area contributed by atoms with Crippen LogP contribution in [0.4, 0.5) is 4.39 Å². The number of nitrogens with one attached hydrogen (secondary N) is 1. The molecule has 3 nitrogen and oxygen atoms in total. The van der Waals surface area contributed by atoms with E-state index in [4.69, 9.17) is 16.3 Å². The van der Waals surface area contributed by atoms with Crippen molar-refractivity contribution in [1.29, 1.82) is 0 Å². The second-order valence-electron chi connectivity index (χ2n) is 4.82. The molecule has 0 bridgehead atoms. The highest BCUT2D eigenvalue weighted by atomic mass is 35.5. The maximum atomic E-state index is 12.9. The molecule has 1 N–H and O–H groups in total. The van der Waals surface area contributed by atoms with Crippen LogP contribution < -0.4 is 10.1 Å². The molecule has 0 saturated heterocycles. The third-order valence-electron chi connectivity index (χ3n) is 3.21. The van der Waals surface area contributed by atoms with Crippen LogP contribution in [0.1, 0.15) is 35.8 Å². The summed E-state index contributed by atoms with van der Waals surface area (Å²) in [4.78, 5) is 12.2. The van der Waals surface area contributed by atoms with Crippen LogP contribution in [-0.2, 0) is 0 Å². The summed E-state index contributed by atoms with van der Waals surface area (Å²) in [6, 6.07) is 10.7. The smallest absolute Gasteiger partial charge is 0.251 e. The third kappa shape index (κ3) is 3.98. The molecule has 0 aliphatic carbocycles. The summed E-state index contributed by atoms with van der Waals surface area (Å²) in [7, 11) is 0. The number of carbonyl (C=O) groups is 1. The van der Waals surface area contributed by atoms with Gasteiger partial charge in [0.2, 0.25) is 0 Å². The van der Waals surface area contributed by atoms with Gasteiger partial charge in [-0.1, -0.05) is 23.7 Å². The first-order valence-corrected chi connectivity index (χ1v) is 7.37. The number of amides is 1. The summed E-state index contributed by atoms with van der Waals surface area (Å²) in [5.74, 6) is -0.00496. The number of rotatable bonds is 5. The molecule has 2 aromatic rings. The molecule has 0 radical (unpaired) electrons. The molecule has 0 saturated carbocycles. The number of hydrogen-bond acceptors (Lipinski definition) is 2. The van der Waals surface area contributed by atoms with Crippen molar-refractivity contribution in [3.63, 3.8) is 0 Å². The van der Waals surface area contributed by atoms with E-state index in [1.807, 2.05) is 13.8 Å². The number of ether oxygens (including phenoxy) is 1. The van der Waals surface area contributed by atoms with Crippen molar-refractivity contribution >= 4 is 17.5 Å². The van der Waals surface area contributed by atoms with Gasteiger partial charge in [0.25, 0.3) is 5.91 Å². The molecule has 0 aromatic heterocycles. The van der Waals surface area contributed by atoms with Crippen molar-refractivity contribution < 1.29 is 13.9 Å². The Hall–Kier alpha value is -2.07. The minimum Gasteiger partial charge on any atom is -0.492 e. The lowest BCUT2D eigenvalue weighted by molar-refractivity contribution is 0.0940. The largest absolute Gasteiger partial charge is 0.492 e. The lowest BCUT2D eigenvalue weighted by Crippen LogP contribution is -2.26. The highest BCUT2D eigenvalue weighted by Crippen LogP contribution is 2.25. The molecular formula is C17H17ClFNO2. The van der Waals surface area contributed by atoms with Crippen molar-refractivity contribution in [1.82, 2.24) is 5.32 Å². The Kier molecular flexibility index (Phi) is 5.39. The van der Waals surface area contributed by atoms with E-state index in [1.54, 1.807) is 30.3 Å². The van der Waals surface area contributed by atoms with E-state index in [9.17, 15) is 9.18 Å². The minimum absolute atomic E-state index is 0.238. The normalized spacial score (nSPS) is 11.8. The summed E-state index contributed by atoms with van der Waals surface area (Å²) < 4.78 is 18.2. The molecule has 5 heteroatoms. The van der Waals surface area contributed by atoms with E-state index in [0.29, 0.717) is 22.9 Å². The van der Waals surface area contributed by atoms with E-state index in [0.717, 1.165) is 5.56 Å². The Bertz CT molecular complexity index is 658. The molecular weight excluding hydrogens is 305 g/mol. The van der Waals surface area contributed by atoms with Gasteiger partial charge in [0.1, 0.15) is 11.6 Å². The van der Waals surface area contributed by atoms with E-state index in [-0.39, 0.29) is 17.8 Å². The van der Waals surface area contributed by atoms with Crippen molar-refractivity contribution in [3.05, 3.63) is 64.4 Å². The number of hydrogen-bond donors (Lipinski definition) is 1. The molecule has 0 aliphatic heterocycles. The third-order valence-corrected chi connectivity index (χ3v) is 3.51. The first kappa shape index (κ1) is 16.3. The average molecular weight is 322 g/mol. The van der Waals surface area contributed by atoms with Crippen molar-refractivity contribution in [3.8, 4) is 5.75 Å².